The smallest absolute Gasteiger partial charge is 0.328 e. The van der Waals surface area contributed by atoms with Gasteiger partial charge in [-0.1, -0.05) is 12.1 Å². The molecule has 1 aromatic rings. The number of nitrogens with zero attached hydrogens (tertiary/aromatic N) is 1. The average Bonchev–Trinajstić information content (AvgIpc) is 2.34. The zero-order valence-electron chi connectivity index (χ0n) is 9.20. The highest BCUT2D eigenvalue weighted by Crippen LogP contribution is 2.12. The number of nitro benzene ring substituents is 1. The molecule has 0 aliphatic carbocycles. The van der Waals surface area contributed by atoms with E-state index in [-0.39, 0.29) is 12.2 Å². The molecule has 0 bridgehead atoms. The van der Waals surface area contributed by atoms with Gasteiger partial charge in [-0.05, 0) is 5.56 Å². The van der Waals surface area contributed by atoms with Crippen molar-refractivity contribution in [3.8, 4) is 0 Å². The van der Waals surface area contributed by atoms with Crippen LogP contribution in [0.5, 0.6) is 0 Å². The van der Waals surface area contributed by atoms with Gasteiger partial charge in [-0.15, -0.1) is 0 Å². The maximum atomic E-state index is 11.1. The standard InChI is InChI=1S/C11H10N2O5/c14-10(4-5-11(15)16)12-7-8-2-1-3-9(6-8)13(17)18/h1-6H,7H2,(H,12,14)(H,15,16). The molecule has 2 N–H and O–H groups in total. The number of carbonyl (C=O) groups excluding carboxylic acids is 1. The Morgan fingerprint density at radius 2 is 2.11 bits per heavy atom. The lowest BCUT2D eigenvalue weighted by molar-refractivity contribution is -0.384. The van der Waals surface area contributed by atoms with Crippen LogP contribution in [0.3, 0.4) is 0 Å². The second-order valence-electron chi connectivity index (χ2n) is 3.32. The van der Waals surface area contributed by atoms with E-state index in [2.05, 4.69) is 5.32 Å². The molecule has 1 amide bonds. The molecule has 1 aromatic carbocycles. The molecule has 0 spiro atoms. The zero-order chi connectivity index (χ0) is 13.5. The Morgan fingerprint density at radius 3 is 2.72 bits per heavy atom. The molecule has 0 aliphatic rings. The maximum absolute atomic E-state index is 11.1. The van der Waals surface area contributed by atoms with Crippen molar-refractivity contribution in [2.24, 2.45) is 0 Å². The van der Waals surface area contributed by atoms with Crippen LogP contribution in [0.15, 0.2) is 36.4 Å². The third-order valence-electron chi connectivity index (χ3n) is 1.97. The average molecular weight is 250 g/mol. The number of hydrogen-bond donors (Lipinski definition) is 2. The predicted molar refractivity (Wildman–Crippen MR) is 61.7 cm³/mol. The summed E-state index contributed by atoms with van der Waals surface area (Å²) in [6.07, 6.45) is 1.59. The van der Waals surface area contributed by atoms with Crippen LogP contribution in [0.2, 0.25) is 0 Å². The first-order valence-corrected chi connectivity index (χ1v) is 4.91. The second kappa shape index (κ2) is 6.14. The van der Waals surface area contributed by atoms with Crippen LogP contribution in [0, 0.1) is 10.1 Å². The summed E-state index contributed by atoms with van der Waals surface area (Å²) in [6, 6.07) is 5.80. The Morgan fingerprint density at radius 1 is 1.39 bits per heavy atom. The Bertz CT molecular complexity index is 510. The molecule has 0 aromatic heterocycles. The van der Waals surface area contributed by atoms with Gasteiger partial charge in [0.25, 0.3) is 5.69 Å². The molecular weight excluding hydrogens is 240 g/mol. The van der Waals surface area contributed by atoms with Gasteiger partial charge in [0.1, 0.15) is 0 Å². The van der Waals surface area contributed by atoms with E-state index >= 15 is 0 Å². The fraction of sp³-hybridized carbons (Fsp3) is 0.0909. The fourth-order valence-electron chi connectivity index (χ4n) is 1.18. The number of nitro groups is 1. The van der Waals surface area contributed by atoms with E-state index in [1.54, 1.807) is 6.07 Å². The van der Waals surface area contributed by atoms with E-state index in [1.807, 2.05) is 0 Å². The third kappa shape index (κ3) is 4.44. The zero-order valence-corrected chi connectivity index (χ0v) is 9.20. The summed E-state index contributed by atoms with van der Waals surface area (Å²) in [5.41, 5.74) is 0.490. The van der Waals surface area contributed by atoms with E-state index < -0.39 is 16.8 Å². The van der Waals surface area contributed by atoms with E-state index in [0.717, 1.165) is 6.08 Å². The number of carboxylic acid groups (broad SMARTS) is 1. The summed E-state index contributed by atoms with van der Waals surface area (Å²) < 4.78 is 0. The quantitative estimate of drug-likeness (QED) is 0.457. The van der Waals surface area contributed by atoms with Crippen molar-refractivity contribution in [1.82, 2.24) is 5.32 Å². The molecule has 0 atom stereocenters. The number of aliphatic carboxylic acids is 1. The Kier molecular flexibility index (Phi) is 4.56. The lowest BCUT2D eigenvalue weighted by atomic mass is 10.2. The van der Waals surface area contributed by atoms with Gasteiger partial charge in [0, 0.05) is 30.8 Å². The number of non-ortho nitro benzene ring substituents is 1. The number of carbonyl (C=O) groups is 2. The Labute approximate surface area is 102 Å². The first kappa shape index (κ1) is 13.4. The van der Waals surface area contributed by atoms with Crippen molar-refractivity contribution in [2.75, 3.05) is 0 Å². The largest absolute Gasteiger partial charge is 0.478 e. The predicted octanol–water partition coefficient (Wildman–Crippen LogP) is 0.852. The molecule has 0 unspecified atom stereocenters. The normalized spacial score (nSPS) is 10.2. The van der Waals surface area contributed by atoms with Gasteiger partial charge in [0.15, 0.2) is 0 Å². The lowest BCUT2D eigenvalue weighted by Gasteiger charge is -2.02. The summed E-state index contributed by atoms with van der Waals surface area (Å²) >= 11 is 0. The summed E-state index contributed by atoms with van der Waals surface area (Å²) in [4.78, 5) is 31.3. The Balaban J connectivity index is 2.58. The Hall–Kier alpha value is -2.70. The van der Waals surface area contributed by atoms with E-state index in [4.69, 9.17) is 5.11 Å². The van der Waals surface area contributed by atoms with Crippen molar-refractivity contribution < 1.29 is 19.6 Å². The molecule has 94 valence electrons. The van der Waals surface area contributed by atoms with Crippen molar-refractivity contribution >= 4 is 17.6 Å². The minimum Gasteiger partial charge on any atom is -0.478 e. The highest BCUT2D eigenvalue weighted by Gasteiger charge is 2.05. The summed E-state index contributed by atoms with van der Waals surface area (Å²) in [5.74, 6) is -1.80. The molecule has 0 saturated heterocycles. The van der Waals surface area contributed by atoms with Gasteiger partial charge in [-0.2, -0.15) is 0 Å². The molecule has 0 radical (unpaired) electrons. The first-order valence-electron chi connectivity index (χ1n) is 4.91. The number of carboxylic acids is 1. The molecular formula is C11H10N2O5. The van der Waals surface area contributed by atoms with Gasteiger partial charge in [-0.25, -0.2) is 4.79 Å². The monoisotopic (exact) mass is 250 g/mol. The summed E-state index contributed by atoms with van der Waals surface area (Å²) in [6.45, 7) is 0.0878. The molecule has 0 aliphatic heterocycles. The lowest BCUT2D eigenvalue weighted by Crippen LogP contribution is -2.20. The van der Waals surface area contributed by atoms with E-state index in [1.165, 1.54) is 18.2 Å². The number of amides is 1. The molecule has 1 rings (SSSR count). The van der Waals surface area contributed by atoms with Crippen molar-refractivity contribution in [2.45, 2.75) is 6.54 Å². The highest BCUT2D eigenvalue weighted by atomic mass is 16.6. The molecule has 0 fully saturated rings. The van der Waals surface area contributed by atoms with Crippen LogP contribution in [0.1, 0.15) is 5.56 Å². The van der Waals surface area contributed by atoms with Crippen LogP contribution in [0.25, 0.3) is 0 Å². The number of nitrogens with one attached hydrogen (secondary N) is 1. The van der Waals surface area contributed by atoms with E-state index in [9.17, 15) is 19.7 Å². The fourth-order valence-corrected chi connectivity index (χ4v) is 1.18. The number of hydrogen-bond acceptors (Lipinski definition) is 4. The molecule has 0 heterocycles. The van der Waals surface area contributed by atoms with Gasteiger partial charge in [0.05, 0.1) is 4.92 Å². The highest BCUT2D eigenvalue weighted by molar-refractivity contribution is 5.93. The van der Waals surface area contributed by atoms with Gasteiger partial charge >= 0.3 is 5.97 Å². The summed E-state index contributed by atoms with van der Waals surface area (Å²) in [7, 11) is 0. The summed E-state index contributed by atoms with van der Waals surface area (Å²) in [5, 5.41) is 21.2. The van der Waals surface area contributed by atoms with Crippen molar-refractivity contribution in [3.05, 3.63) is 52.1 Å². The minimum absolute atomic E-state index is 0.0668. The van der Waals surface area contributed by atoms with Crippen LogP contribution in [-0.4, -0.2) is 21.9 Å². The van der Waals surface area contributed by atoms with Crippen LogP contribution in [0.4, 0.5) is 5.69 Å². The molecule has 18 heavy (non-hydrogen) atoms. The van der Waals surface area contributed by atoms with Crippen molar-refractivity contribution in [1.29, 1.82) is 0 Å². The van der Waals surface area contributed by atoms with Gasteiger partial charge in [0.2, 0.25) is 5.91 Å². The van der Waals surface area contributed by atoms with Crippen LogP contribution >= 0.6 is 0 Å². The molecule has 7 nitrogen and oxygen atoms in total. The minimum atomic E-state index is -1.22. The van der Waals surface area contributed by atoms with Crippen molar-refractivity contribution in [3.63, 3.8) is 0 Å². The van der Waals surface area contributed by atoms with Gasteiger partial charge in [-0.3, -0.25) is 14.9 Å². The number of benzene rings is 1. The molecule has 7 heteroatoms. The van der Waals surface area contributed by atoms with Crippen LogP contribution < -0.4 is 5.32 Å². The topological polar surface area (TPSA) is 110 Å². The maximum Gasteiger partial charge on any atom is 0.328 e. The van der Waals surface area contributed by atoms with E-state index in [0.29, 0.717) is 11.6 Å². The second-order valence-corrected chi connectivity index (χ2v) is 3.32. The van der Waals surface area contributed by atoms with Gasteiger partial charge < -0.3 is 10.4 Å². The SMILES string of the molecule is O=C(O)C=CC(=O)NCc1cccc([N+](=O)[O-])c1. The molecule has 0 saturated carbocycles. The number of rotatable bonds is 5. The first-order chi connectivity index (χ1) is 8.49. The van der Waals surface area contributed by atoms with Crippen LogP contribution in [-0.2, 0) is 16.1 Å². The third-order valence-corrected chi connectivity index (χ3v) is 1.97.